The van der Waals surface area contributed by atoms with E-state index in [1.807, 2.05) is 25.1 Å². The first kappa shape index (κ1) is 12.6. The summed E-state index contributed by atoms with van der Waals surface area (Å²) in [7, 11) is 1.68. The van der Waals surface area contributed by atoms with Gasteiger partial charge in [-0.1, -0.05) is 12.1 Å². The van der Waals surface area contributed by atoms with E-state index in [-0.39, 0.29) is 6.04 Å². The van der Waals surface area contributed by atoms with Crippen molar-refractivity contribution in [1.82, 2.24) is 0 Å². The van der Waals surface area contributed by atoms with Gasteiger partial charge in [-0.2, -0.15) is 0 Å². The third-order valence-corrected chi connectivity index (χ3v) is 2.45. The highest BCUT2D eigenvalue weighted by Gasteiger charge is 2.04. The number of hydrogen-bond acceptors (Lipinski definition) is 2. The number of nitrogens with two attached hydrogens (primary N) is 1. The molecule has 0 aliphatic heterocycles. The predicted octanol–water partition coefficient (Wildman–Crippen LogP) is 2.37. The van der Waals surface area contributed by atoms with Crippen molar-refractivity contribution in [2.24, 2.45) is 5.73 Å². The Morgan fingerprint density at radius 1 is 1.44 bits per heavy atom. The Hall–Kier alpha value is -1.46. The van der Waals surface area contributed by atoms with Gasteiger partial charge in [0.25, 0.3) is 0 Å². The molecule has 1 atom stereocenters. The Labute approximate surface area is 97.8 Å². The van der Waals surface area contributed by atoms with E-state index < -0.39 is 0 Å². The zero-order chi connectivity index (χ0) is 11.8. The Morgan fingerprint density at radius 2 is 2.25 bits per heavy atom. The van der Waals surface area contributed by atoms with Gasteiger partial charge in [-0.25, -0.2) is 0 Å². The van der Waals surface area contributed by atoms with Gasteiger partial charge in [-0.05, 0) is 37.5 Å². The first-order valence-electron chi connectivity index (χ1n) is 5.54. The second-order valence-electron chi connectivity index (χ2n) is 3.78. The summed E-state index contributed by atoms with van der Waals surface area (Å²) in [6, 6.07) is 8.22. The van der Waals surface area contributed by atoms with Crippen molar-refractivity contribution < 1.29 is 4.74 Å². The van der Waals surface area contributed by atoms with Crippen LogP contribution in [0.15, 0.2) is 24.3 Å². The van der Waals surface area contributed by atoms with Gasteiger partial charge in [0.15, 0.2) is 0 Å². The second kappa shape index (κ2) is 6.92. The summed E-state index contributed by atoms with van der Waals surface area (Å²) in [5.41, 5.74) is 7.25. The van der Waals surface area contributed by atoms with Gasteiger partial charge in [0, 0.05) is 12.5 Å². The quantitative estimate of drug-likeness (QED) is 0.768. The maximum atomic E-state index is 6.03. The average molecular weight is 217 g/mol. The molecule has 0 bridgehead atoms. The van der Waals surface area contributed by atoms with Gasteiger partial charge in [0.2, 0.25) is 0 Å². The lowest BCUT2D eigenvalue weighted by atomic mass is 10.0. The smallest absolute Gasteiger partial charge is 0.119 e. The van der Waals surface area contributed by atoms with Crippen LogP contribution in [-0.2, 0) is 6.42 Å². The molecule has 0 saturated carbocycles. The summed E-state index contributed by atoms with van der Waals surface area (Å²) in [5, 5.41) is 0. The summed E-state index contributed by atoms with van der Waals surface area (Å²) in [5.74, 6) is 6.80. The Morgan fingerprint density at radius 3 is 2.94 bits per heavy atom. The van der Waals surface area contributed by atoms with Crippen LogP contribution in [0, 0.1) is 11.8 Å². The van der Waals surface area contributed by atoms with E-state index >= 15 is 0 Å². The van der Waals surface area contributed by atoms with Crippen molar-refractivity contribution in [3.05, 3.63) is 29.8 Å². The first-order valence-corrected chi connectivity index (χ1v) is 5.54. The Kier molecular flexibility index (Phi) is 5.45. The SMILES string of the molecule is CC#CCCC(N)Cc1cccc(OC)c1. The molecule has 0 spiro atoms. The van der Waals surface area contributed by atoms with Crippen molar-refractivity contribution >= 4 is 0 Å². The summed E-state index contributed by atoms with van der Waals surface area (Å²) >= 11 is 0. The second-order valence-corrected chi connectivity index (χ2v) is 3.78. The molecule has 0 amide bonds. The van der Waals surface area contributed by atoms with E-state index in [1.165, 1.54) is 5.56 Å². The summed E-state index contributed by atoms with van der Waals surface area (Å²) in [4.78, 5) is 0. The fraction of sp³-hybridized carbons (Fsp3) is 0.429. The molecule has 0 heterocycles. The summed E-state index contributed by atoms with van der Waals surface area (Å²) in [6.45, 7) is 1.85. The van der Waals surface area contributed by atoms with E-state index in [9.17, 15) is 0 Å². The molecule has 0 aliphatic rings. The van der Waals surface area contributed by atoms with Crippen molar-refractivity contribution in [3.8, 4) is 17.6 Å². The van der Waals surface area contributed by atoms with Crippen LogP contribution in [0.5, 0.6) is 5.75 Å². The van der Waals surface area contributed by atoms with E-state index in [1.54, 1.807) is 7.11 Å². The molecule has 2 heteroatoms. The molecule has 2 N–H and O–H groups in total. The largest absolute Gasteiger partial charge is 0.497 e. The highest BCUT2D eigenvalue weighted by molar-refractivity contribution is 5.28. The minimum Gasteiger partial charge on any atom is -0.497 e. The predicted molar refractivity (Wildman–Crippen MR) is 67.4 cm³/mol. The normalized spacial score (nSPS) is 11.4. The van der Waals surface area contributed by atoms with Gasteiger partial charge >= 0.3 is 0 Å². The van der Waals surface area contributed by atoms with Gasteiger partial charge in [0.1, 0.15) is 5.75 Å². The van der Waals surface area contributed by atoms with Crippen molar-refractivity contribution in [2.45, 2.75) is 32.2 Å². The zero-order valence-corrected chi connectivity index (χ0v) is 9.99. The summed E-state index contributed by atoms with van der Waals surface area (Å²) in [6.07, 6.45) is 2.70. The molecule has 0 aliphatic carbocycles. The third kappa shape index (κ3) is 4.37. The fourth-order valence-electron chi connectivity index (χ4n) is 1.59. The van der Waals surface area contributed by atoms with Crippen molar-refractivity contribution in [3.63, 3.8) is 0 Å². The van der Waals surface area contributed by atoms with Crippen LogP contribution < -0.4 is 10.5 Å². The van der Waals surface area contributed by atoms with Crippen LogP contribution in [0.3, 0.4) is 0 Å². The molecule has 1 rings (SSSR count). The third-order valence-electron chi connectivity index (χ3n) is 2.45. The minimum absolute atomic E-state index is 0.174. The van der Waals surface area contributed by atoms with Crippen LogP contribution in [0.25, 0.3) is 0 Å². The van der Waals surface area contributed by atoms with E-state index in [4.69, 9.17) is 10.5 Å². The van der Waals surface area contributed by atoms with Crippen LogP contribution in [0.4, 0.5) is 0 Å². The molecule has 2 nitrogen and oxygen atoms in total. The number of hydrogen-bond donors (Lipinski definition) is 1. The Balaban J connectivity index is 2.47. The van der Waals surface area contributed by atoms with E-state index in [0.717, 1.165) is 25.0 Å². The molecule has 16 heavy (non-hydrogen) atoms. The molecule has 1 aromatic carbocycles. The molecular formula is C14H19NO. The average Bonchev–Trinajstić information content (AvgIpc) is 2.29. The van der Waals surface area contributed by atoms with Gasteiger partial charge in [0.05, 0.1) is 7.11 Å². The Bertz CT molecular complexity index is 376. The van der Waals surface area contributed by atoms with Gasteiger partial charge in [-0.3, -0.25) is 0 Å². The molecule has 1 unspecified atom stereocenters. The lowest BCUT2D eigenvalue weighted by Gasteiger charge is -2.10. The molecule has 0 saturated heterocycles. The van der Waals surface area contributed by atoms with Crippen LogP contribution in [-0.4, -0.2) is 13.2 Å². The number of benzene rings is 1. The van der Waals surface area contributed by atoms with Crippen LogP contribution in [0.1, 0.15) is 25.3 Å². The number of rotatable bonds is 5. The molecule has 0 aromatic heterocycles. The van der Waals surface area contributed by atoms with E-state index in [2.05, 4.69) is 17.9 Å². The minimum atomic E-state index is 0.174. The van der Waals surface area contributed by atoms with Gasteiger partial charge < -0.3 is 10.5 Å². The lowest BCUT2D eigenvalue weighted by molar-refractivity contribution is 0.414. The standard InChI is InChI=1S/C14H19NO/c1-3-4-5-8-13(15)10-12-7-6-9-14(11-12)16-2/h6-7,9,11,13H,5,8,10,15H2,1-2H3. The van der Waals surface area contributed by atoms with Crippen LogP contribution in [0.2, 0.25) is 0 Å². The highest BCUT2D eigenvalue weighted by Crippen LogP contribution is 2.14. The number of methoxy groups -OCH3 is 1. The van der Waals surface area contributed by atoms with Crippen molar-refractivity contribution in [2.75, 3.05) is 7.11 Å². The zero-order valence-electron chi connectivity index (χ0n) is 9.99. The summed E-state index contributed by atoms with van der Waals surface area (Å²) < 4.78 is 5.17. The molecule has 0 fully saturated rings. The van der Waals surface area contributed by atoms with E-state index in [0.29, 0.717) is 0 Å². The topological polar surface area (TPSA) is 35.2 Å². The maximum Gasteiger partial charge on any atom is 0.119 e. The van der Waals surface area contributed by atoms with Gasteiger partial charge in [-0.15, -0.1) is 11.8 Å². The highest BCUT2D eigenvalue weighted by atomic mass is 16.5. The van der Waals surface area contributed by atoms with Crippen molar-refractivity contribution in [1.29, 1.82) is 0 Å². The molecule has 86 valence electrons. The first-order chi connectivity index (χ1) is 7.76. The molecular weight excluding hydrogens is 198 g/mol. The number of ether oxygens (including phenoxy) is 1. The molecule has 1 aromatic rings. The molecule has 0 radical (unpaired) electrons. The van der Waals surface area contributed by atoms with Crippen LogP contribution >= 0.6 is 0 Å². The fourth-order valence-corrected chi connectivity index (χ4v) is 1.59. The maximum absolute atomic E-state index is 6.03. The monoisotopic (exact) mass is 217 g/mol. The lowest BCUT2D eigenvalue weighted by Crippen LogP contribution is -2.22.